The van der Waals surface area contributed by atoms with Gasteiger partial charge in [-0.15, -0.1) is 6.58 Å². The van der Waals surface area contributed by atoms with Gasteiger partial charge in [0.1, 0.15) is 0 Å². The number of para-hydroxylation sites is 1. The molecule has 0 heterocycles. The van der Waals surface area contributed by atoms with E-state index in [9.17, 15) is 4.79 Å². The molecule has 0 aromatic heterocycles. The number of hydrogen-bond donors (Lipinski definition) is 0. The molecule has 3 heteroatoms. The fourth-order valence-electron chi connectivity index (χ4n) is 1.89. The van der Waals surface area contributed by atoms with Gasteiger partial charge in [-0.25, -0.2) is 0 Å². The molecule has 0 unspecified atom stereocenters. The number of hydrogen-bond acceptors (Lipinski definition) is 3. The first-order chi connectivity index (χ1) is 10.7. The van der Waals surface area contributed by atoms with Gasteiger partial charge in [0, 0.05) is 5.56 Å². The van der Waals surface area contributed by atoms with E-state index in [-0.39, 0.29) is 5.78 Å². The van der Waals surface area contributed by atoms with Gasteiger partial charge in [0.05, 0.1) is 19.3 Å². The first-order valence-corrected chi connectivity index (χ1v) is 7.16. The molecule has 0 aliphatic rings. The van der Waals surface area contributed by atoms with Gasteiger partial charge in [0.25, 0.3) is 0 Å². The molecule has 0 radical (unpaired) electrons. The van der Waals surface area contributed by atoms with Crippen molar-refractivity contribution in [3.63, 3.8) is 0 Å². The Balaban J connectivity index is 0.000000745. The summed E-state index contributed by atoms with van der Waals surface area (Å²) in [5.41, 5.74) is 1.16. The molecule has 2 aromatic rings. The van der Waals surface area contributed by atoms with Crippen LogP contribution in [0, 0.1) is 0 Å². The van der Waals surface area contributed by atoms with E-state index in [2.05, 4.69) is 6.58 Å². The molecule has 3 nitrogen and oxygen atoms in total. The summed E-state index contributed by atoms with van der Waals surface area (Å²) in [5, 5.41) is 0. The molecule has 0 bridgehead atoms. The molecule has 0 spiro atoms. The summed E-state index contributed by atoms with van der Waals surface area (Å²) in [4.78, 5) is 12.5. The molecule has 116 valence electrons. The van der Waals surface area contributed by atoms with E-state index in [1.165, 1.54) is 0 Å². The average Bonchev–Trinajstić information content (AvgIpc) is 2.56. The molecule has 0 fully saturated rings. The van der Waals surface area contributed by atoms with Crippen molar-refractivity contribution in [1.82, 2.24) is 0 Å². The number of ketones is 1. The zero-order valence-electron chi connectivity index (χ0n) is 13.3. The second kappa shape index (κ2) is 9.40. The summed E-state index contributed by atoms with van der Waals surface area (Å²) in [7, 11) is 1.56. The summed E-state index contributed by atoms with van der Waals surface area (Å²) in [6, 6.07) is 14.5. The first kappa shape index (κ1) is 17.5. The van der Waals surface area contributed by atoms with Gasteiger partial charge in [-0.05, 0) is 26.0 Å². The molecule has 0 aliphatic carbocycles. The molecule has 0 atom stereocenters. The van der Waals surface area contributed by atoms with Crippen LogP contribution in [0.3, 0.4) is 0 Å². The Hall–Kier alpha value is -2.55. The van der Waals surface area contributed by atoms with E-state index in [1.54, 1.807) is 43.5 Å². The topological polar surface area (TPSA) is 35.5 Å². The Morgan fingerprint density at radius 3 is 2.32 bits per heavy atom. The van der Waals surface area contributed by atoms with Crippen molar-refractivity contribution in [1.29, 1.82) is 0 Å². The van der Waals surface area contributed by atoms with Crippen molar-refractivity contribution in [2.75, 3.05) is 13.7 Å². The number of allylic oxidation sites excluding steroid dienone is 1. The fourth-order valence-corrected chi connectivity index (χ4v) is 1.89. The van der Waals surface area contributed by atoms with Crippen LogP contribution in [-0.4, -0.2) is 19.5 Å². The first-order valence-electron chi connectivity index (χ1n) is 7.16. The lowest BCUT2D eigenvalue weighted by Gasteiger charge is -2.13. The van der Waals surface area contributed by atoms with Crippen molar-refractivity contribution in [3.8, 4) is 11.5 Å². The third-order valence-corrected chi connectivity index (χ3v) is 2.77. The maximum absolute atomic E-state index is 12.5. The number of rotatable bonds is 5. The van der Waals surface area contributed by atoms with E-state index >= 15 is 0 Å². The molecule has 0 saturated carbocycles. The minimum atomic E-state index is -0.0667. The average molecular weight is 298 g/mol. The highest BCUT2D eigenvalue weighted by molar-refractivity contribution is 6.11. The second-order valence-electron chi connectivity index (χ2n) is 4.37. The number of methoxy groups -OCH3 is 1. The van der Waals surface area contributed by atoms with E-state index in [0.717, 1.165) is 0 Å². The van der Waals surface area contributed by atoms with Crippen LogP contribution in [0.25, 0.3) is 0 Å². The van der Waals surface area contributed by atoms with Crippen LogP contribution in [0.4, 0.5) is 0 Å². The molecule has 2 rings (SSSR count). The zero-order valence-corrected chi connectivity index (χ0v) is 13.3. The van der Waals surface area contributed by atoms with Crippen molar-refractivity contribution < 1.29 is 14.3 Å². The predicted molar refractivity (Wildman–Crippen MR) is 89.9 cm³/mol. The Morgan fingerprint density at radius 2 is 1.77 bits per heavy atom. The Kier molecular flexibility index (Phi) is 7.48. The van der Waals surface area contributed by atoms with Crippen LogP contribution < -0.4 is 9.47 Å². The standard InChI is InChI=1S/C16H16O3.C3H6/c1-3-19-16-13(10-7-11-14(16)18-2)15(17)12-8-5-4-6-9-12;1-3-2/h4-11H,3H2,1-2H3;3H,1H2,2H3. The highest BCUT2D eigenvalue weighted by Gasteiger charge is 2.17. The maximum Gasteiger partial charge on any atom is 0.196 e. The molecule has 0 N–H and O–H groups in total. The Morgan fingerprint density at radius 1 is 1.14 bits per heavy atom. The lowest BCUT2D eigenvalue weighted by atomic mass is 10.0. The van der Waals surface area contributed by atoms with E-state index in [1.807, 2.05) is 32.0 Å². The molecule has 2 aromatic carbocycles. The fraction of sp³-hybridized carbons (Fsp3) is 0.211. The van der Waals surface area contributed by atoms with Gasteiger partial charge in [-0.1, -0.05) is 42.5 Å². The lowest BCUT2D eigenvalue weighted by Crippen LogP contribution is -2.06. The minimum absolute atomic E-state index is 0.0667. The second-order valence-corrected chi connectivity index (χ2v) is 4.37. The van der Waals surface area contributed by atoms with Gasteiger partial charge >= 0.3 is 0 Å². The normalized spacial score (nSPS) is 9.23. The Labute approximate surface area is 132 Å². The molecule has 0 aliphatic heterocycles. The summed E-state index contributed by atoms with van der Waals surface area (Å²) >= 11 is 0. The van der Waals surface area contributed by atoms with E-state index < -0.39 is 0 Å². The molecule has 0 saturated heterocycles. The summed E-state index contributed by atoms with van der Waals surface area (Å²) < 4.78 is 10.8. The number of carbonyl (C=O) groups excluding carboxylic acids is 1. The summed E-state index contributed by atoms with van der Waals surface area (Å²) in [6.07, 6.45) is 1.75. The van der Waals surface area contributed by atoms with Gasteiger partial charge in [-0.2, -0.15) is 0 Å². The van der Waals surface area contributed by atoms with Crippen molar-refractivity contribution in [2.45, 2.75) is 13.8 Å². The lowest BCUT2D eigenvalue weighted by molar-refractivity contribution is 0.103. The van der Waals surface area contributed by atoms with Crippen molar-refractivity contribution >= 4 is 5.78 Å². The minimum Gasteiger partial charge on any atom is -0.493 e. The van der Waals surface area contributed by atoms with E-state index in [0.29, 0.717) is 29.2 Å². The SMILES string of the molecule is C=CC.CCOc1c(OC)cccc1C(=O)c1ccccc1. The number of benzene rings is 2. The van der Waals surface area contributed by atoms with Crippen LogP contribution in [0.2, 0.25) is 0 Å². The van der Waals surface area contributed by atoms with Crippen LogP contribution in [0.1, 0.15) is 29.8 Å². The van der Waals surface area contributed by atoms with Gasteiger partial charge < -0.3 is 9.47 Å². The summed E-state index contributed by atoms with van der Waals surface area (Å²) in [5.74, 6) is 1.01. The summed E-state index contributed by atoms with van der Waals surface area (Å²) in [6.45, 7) is 7.61. The zero-order chi connectivity index (χ0) is 16.4. The molecular formula is C19H22O3. The van der Waals surface area contributed by atoms with Gasteiger partial charge in [0.15, 0.2) is 17.3 Å². The smallest absolute Gasteiger partial charge is 0.196 e. The highest BCUT2D eigenvalue weighted by Crippen LogP contribution is 2.32. The largest absolute Gasteiger partial charge is 0.493 e. The number of ether oxygens (including phenoxy) is 2. The third kappa shape index (κ3) is 4.48. The molecule has 22 heavy (non-hydrogen) atoms. The maximum atomic E-state index is 12.5. The number of carbonyl (C=O) groups is 1. The van der Waals surface area contributed by atoms with Crippen LogP contribution in [-0.2, 0) is 0 Å². The molecular weight excluding hydrogens is 276 g/mol. The highest BCUT2D eigenvalue weighted by atomic mass is 16.5. The van der Waals surface area contributed by atoms with Gasteiger partial charge in [-0.3, -0.25) is 4.79 Å². The van der Waals surface area contributed by atoms with Crippen LogP contribution >= 0.6 is 0 Å². The van der Waals surface area contributed by atoms with E-state index in [4.69, 9.17) is 9.47 Å². The Bertz CT molecular complexity index is 603. The predicted octanol–water partition coefficient (Wildman–Crippen LogP) is 4.52. The monoisotopic (exact) mass is 298 g/mol. The quantitative estimate of drug-likeness (QED) is 0.601. The van der Waals surface area contributed by atoms with Crippen molar-refractivity contribution in [2.24, 2.45) is 0 Å². The van der Waals surface area contributed by atoms with Crippen LogP contribution in [0.15, 0.2) is 61.2 Å². The van der Waals surface area contributed by atoms with Crippen molar-refractivity contribution in [3.05, 3.63) is 72.3 Å². The molecule has 0 amide bonds. The van der Waals surface area contributed by atoms with Gasteiger partial charge in [0.2, 0.25) is 0 Å². The van der Waals surface area contributed by atoms with Crippen LogP contribution in [0.5, 0.6) is 11.5 Å². The third-order valence-electron chi connectivity index (χ3n) is 2.77.